The fraction of sp³-hybridized carbons (Fsp3) is 0.500. The molecular weight excluding hydrogens is 230 g/mol. The Bertz CT molecular complexity index is 445. The molecule has 2 N–H and O–H groups in total. The Morgan fingerprint density at radius 1 is 1.61 bits per heavy atom. The first-order valence-electron chi connectivity index (χ1n) is 6.22. The van der Waals surface area contributed by atoms with Crippen molar-refractivity contribution in [3.8, 4) is 5.75 Å². The van der Waals surface area contributed by atoms with E-state index in [1.165, 1.54) is 12.7 Å². The zero-order chi connectivity index (χ0) is 13.1. The second kappa shape index (κ2) is 5.40. The molecule has 0 spiro atoms. The number of carbonyl (C=O) groups is 1. The fourth-order valence-corrected chi connectivity index (χ4v) is 2.21. The van der Waals surface area contributed by atoms with Crippen LogP contribution in [0.25, 0.3) is 0 Å². The van der Waals surface area contributed by atoms with Crippen molar-refractivity contribution < 1.29 is 14.3 Å². The van der Waals surface area contributed by atoms with Crippen LogP contribution >= 0.6 is 0 Å². The summed E-state index contributed by atoms with van der Waals surface area (Å²) in [6.07, 6.45) is 2.11. The number of ether oxygens (including phenoxy) is 2. The SMILES string of the molecule is COC(=O)CCC(N)c1ccc2c(c1)CC(C)O2. The molecule has 18 heavy (non-hydrogen) atoms. The van der Waals surface area contributed by atoms with E-state index in [2.05, 4.69) is 17.7 Å². The second-order valence-corrected chi connectivity index (χ2v) is 4.72. The van der Waals surface area contributed by atoms with Gasteiger partial charge in [-0.05, 0) is 30.5 Å². The lowest BCUT2D eigenvalue weighted by atomic mass is 9.99. The van der Waals surface area contributed by atoms with Crippen LogP contribution < -0.4 is 10.5 Å². The number of hydrogen-bond acceptors (Lipinski definition) is 4. The van der Waals surface area contributed by atoms with Crippen LogP contribution in [0.3, 0.4) is 0 Å². The zero-order valence-corrected chi connectivity index (χ0v) is 10.8. The van der Waals surface area contributed by atoms with Crippen molar-refractivity contribution in [2.24, 2.45) is 5.73 Å². The van der Waals surface area contributed by atoms with E-state index < -0.39 is 0 Å². The molecule has 0 saturated heterocycles. The van der Waals surface area contributed by atoms with Gasteiger partial charge in [0, 0.05) is 18.9 Å². The molecule has 1 aromatic rings. The molecule has 2 rings (SSSR count). The first kappa shape index (κ1) is 12.9. The zero-order valence-electron chi connectivity index (χ0n) is 10.8. The van der Waals surface area contributed by atoms with Crippen LogP contribution in [-0.4, -0.2) is 19.2 Å². The molecule has 2 unspecified atom stereocenters. The minimum Gasteiger partial charge on any atom is -0.490 e. The Morgan fingerprint density at radius 2 is 2.39 bits per heavy atom. The smallest absolute Gasteiger partial charge is 0.305 e. The van der Waals surface area contributed by atoms with Crippen LogP contribution in [-0.2, 0) is 16.0 Å². The maximum Gasteiger partial charge on any atom is 0.305 e. The third-order valence-corrected chi connectivity index (χ3v) is 3.24. The van der Waals surface area contributed by atoms with Crippen LogP contribution in [0.5, 0.6) is 5.75 Å². The quantitative estimate of drug-likeness (QED) is 0.829. The van der Waals surface area contributed by atoms with Gasteiger partial charge in [0.2, 0.25) is 0 Å². The van der Waals surface area contributed by atoms with E-state index >= 15 is 0 Å². The average molecular weight is 249 g/mol. The highest BCUT2D eigenvalue weighted by Gasteiger charge is 2.20. The van der Waals surface area contributed by atoms with Crippen LogP contribution in [0.1, 0.15) is 36.9 Å². The topological polar surface area (TPSA) is 61.5 Å². The Morgan fingerprint density at radius 3 is 3.11 bits per heavy atom. The molecule has 4 heteroatoms. The van der Waals surface area contributed by atoms with Gasteiger partial charge in [0.25, 0.3) is 0 Å². The predicted molar refractivity (Wildman–Crippen MR) is 68.4 cm³/mol. The van der Waals surface area contributed by atoms with Crippen molar-refractivity contribution in [3.63, 3.8) is 0 Å². The molecular formula is C14H19NO3. The van der Waals surface area contributed by atoms with Gasteiger partial charge >= 0.3 is 5.97 Å². The molecule has 0 fully saturated rings. The number of rotatable bonds is 4. The Hall–Kier alpha value is -1.55. The summed E-state index contributed by atoms with van der Waals surface area (Å²) in [5.74, 6) is 0.731. The molecule has 1 aromatic carbocycles. The van der Waals surface area contributed by atoms with Crippen molar-refractivity contribution in [3.05, 3.63) is 29.3 Å². The lowest BCUT2D eigenvalue weighted by Crippen LogP contribution is -2.13. The van der Waals surface area contributed by atoms with E-state index in [0.29, 0.717) is 12.8 Å². The molecule has 0 bridgehead atoms. The average Bonchev–Trinajstić information content (AvgIpc) is 2.74. The molecule has 0 saturated carbocycles. The number of methoxy groups -OCH3 is 1. The van der Waals surface area contributed by atoms with E-state index in [1.54, 1.807) is 0 Å². The summed E-state index contributed by atoms with van der Waals surface area (Å²) >= 11 is 0. The lowest BCUT2D eigenvalue weighted by Gasteiger charge is -2.12. The number of nitrogens with two attached hydrogens (primary N) is 1. The molecule has 2 atom stereocenters. The van der Waals surface area contributed by atoms with Crippen LogP contribution in [0.4, 0.5) is 0 Å². The first-order chi connectivity index (χ1) is 8.60. The summed E-state index contributed by atoms with van der Waals surface area (Å²) in [4.78, 5) is 11.1. The van der Waals surface area contributed by atoms with Crippen LogP contribution in [0.15, 0.2) is 18.2 Å². The number of esters is 1. The van der Waals surface area contributed by atoms with Gasteiger partial charge in [-0.3, -0.25) is 4.79 Å². The molecule has 4 nitrogen and oxygen atoms in total. The molecule has 1 aliphatic heterocycles. The number of benzene rings is 1. The lowest BCUT2D eigenvalue weighted by molar-refractivity contribution is -0.140. The highest BCUT2D eigenvalue weighted by atomic mass is 16.5. The van der Waals surface area contributed by atoms with Gasteiger partial charge in [-0.25, -0.2) is 0 Å². The van der Waals surface area contributed by atoms with E-state index in [9.17, 15) is 4.79 Å². The second-order valence-electron chi connectivity index (χ2n) is 4.72. The summed E-state index contributed by atoms with van der Waals surface area (Å²) in [6, 6.07) is 5.89. The van der Waals surface area contributed by atoms with Crippen molar-refractivity contribution in [2.45, 2.75) is 38.3 Å². The normalized spacial score (nSPS) is 18.9. The Balaban J connectivity index is 2.01. The molecule has 0 amide bonds. The van der Waals surface area contributed by atoms with E-state index in [4.69, 9.17) is 10.5 Å². The molecule has 0 aliphatic carbocycles. The fourth-order valence-electron chi connectivity index (χ4n) is 2.21. The van der Waals surface area contributed by atoms with E-state index in [1.807, 2.05) is 12.1 Å². The first-order valence-corrected chi connectivity index (χ1v) is 6.22. The van der Waals surface area contributed by atoms with E-state index in [0.717, 1.165) is 17.7 Å². The van der Waals surface area contributed by atoms with Gasteiger partial charge < -0.3 is 15.2 Å². The van der Waals surface area contributed by atoms with Gasteiger partial charge in [-0.15, -0.1) is 0 Å². The van der Waals surface area contributed by atoms with Crippen molar-refractivity contribution >= 4 is 5.97 Å². The summed E-state index contributed by atoms with van der Waals surface area (Å²) in [5.41, 5.74) is 8.33. The highest BCUT2D eigenvalue weighted by Crippen LogP contribution is 2.31. The third-order valence-electron chi connectivity index (χ3n) is 3.24. The Labute approximate surface area is 107 Å². The van der Waals surface area contributed by atoms with Crippen LogP contribution in [0, 0.1) is 0 Å². The third kappa shape index (κ3) is 2.82. The molecule has 0 aromatic heterocycles. The molecule has 1 aliphatic rings. The highest BCUT2D eigenvalue weighted by molar-refractivity contribution is 5.69. The number of carbonyl (C=O) groups excluding carboxylic acids is 1. The summed E-state index contributed by atoms with van der Waals surface area (Å²) in [5, 5.41) is 0. The van der Waals surface area contributed by atoms with Crippen molar-refractivity contribution in [2.75, 3.05) is 7.11 Å². The summed E-state index contributed by atoms with van der Waals surface area (Å²) < 4.78 is 10.3. The van der Waals surface area contributed by atoms with Crippen LogP contribution in [0.2, 0.25) is 0 Å². The maximum atomic E-state index is 11.1. The van der Waals surface area contributed by atoms with Gasteiger partial charge in [-0.1, -0.05) is 12.1 Å². The predicted octanol–water partition coefficient (Wildman–Crippen LogP) is 1.96. The minimum absolute atomic E-state index is 0.134. The summed E-state index contributed by atoms with van der Waals surface area (Å²) in [7, 11) is 1.39. The minimum atomic E-state index is -0.219. The molecule has 0 radical (unpaired) electrons. The number of fused-ring (bicyclic) bond motifs is 1. The van der Waals surface area contributed by atoms with Crippen molar-refractivity contribution in [1.29, 1.82) is 0 Å². The molecule has 1 heterocycles. The maximum absolute atomic E-state index is 11.1. The monoisotopic (exact) mass is 249 g/mol. The Kier molecular flexibility index (Phi) is 3.87. The number of hydrogen-bond donors (Lipinski definition) is 1. The van der Waals surface area contributed by atoms with Gasteiger partial charge in [0.05, 0.1) is 7.11 Å². The van der Waals surface area contributed by atoms with Crippen molar-refractivity contribution in [1.82, 2.24) is 0 Å². The largest absolute Gasteiger partial charge is 0.490 e. The molecule has 98 valence electrons. The van der Waals surface area contributed by atoms with Gasteiger partial charge in [0.15, 0.2) is 0 Å². The summed E-state index contributed by atoms with van der Waals surface area (Å²) in [6.45, 7) is 2.05. The van der Waals surface area contributed by atoms with Gasteiger partial charge in [-0.2, -0.15) is 0 Å². The van der Waals surface area contributed by atoms with E-state index in [-0.39, 0.29) is 18.1 Å². The standard InChI is InChI=1S/C14H19NO3/c1-9-7-11-8-10(3-5-13(11)18-9)12(15)4-6-14(16)17-2/h3,5,8-9,12H,4,6-7,15H2,1-2H3. The van der Waals surface area contributed by atoms with Gasteiger partial charge in [0.1, 0.15) is 11.9 Å².